The maximum atomic E-state index is 11.0. The Hall–Kier alpha value is -1.52. The zero-order valence-corrected chi connectivity index (χ0v) is 6.21. The molecule has 11 heavy (non-hydrogen) atoms. The number of aromatic hydroxyl groups is 1. The molecule has 0 amide bonds. The van der Waals surface area contributed by atoms with E-state index in [1.807, 2.05) is 0 Å². The Balaban J connectivity index is 3.74. The van der Waals surface area contributed by atoms with Gasteiger partial charge in [0.15, 0.2) is 0 Å². The Morgan fingerprint density at radius 1 is 1.45 bits per heavy atom. The molecule has 0 unspecified atom stereocenters. The molecule has 0 saturated carbocycles. The van der Waals surface area contributed by atoms with E-state index in [4.69, 9.17) is 5.11 Å². The van der Waals surface area contributed by atoms with E-state index >= 15 is 0 Å². The maximum Gasteiger partial charge on any atom is 0.330 e. The average molecular weight is 156 g/mol. The number of aromatic amines is 1. The second-order valence-electron chi connectivity index (χ2n) is 2.27. The molecule has 0 bridgehead atoms. The molecule has 1 heterocycles. The van der Waals surface area contributed by atoms with Gasteiger partial charge in [-0.3, -0.25) is 14.3 Å². The third-order valence-electron chi connectivity index (χ3n) is 1.51. The fraction of sp³-hybridized carbons (Fsp3) is 0.333. The fourth-order valence-corrected chi connectivity index (χ4v) is 0.724. The van der Waals surface area contributed by atoms with Crippen LogP contribution in [0.25, 0.3) is 0 Å². The lowest BCUT2D eigenvalue weighted by atomic mass is 10.4. The summed E-state index contributed by atoms with van der Waals surface area (Å²) in [5.41, 5.74) is -0.948. The van der Waals surface area contributed by atoms with Gasteiger partial charge in [0.05, 0.1) is 5.56 Å². The Morgan fingerprint density at radius 2 is 2.00 bits per heavy atom. The molecule has 5 nitrogen and oxygen atoms in total. The van der Waals surface area contributed by atoms with Crippen LogP contribution in [0, 0.1) is 6.92 Å². The summed E-state index contributed by atoms with van der Waals surface area (Å²) in [5, 5.41) is 8.94. The topological polar surface area (TPSA) is 75.1 Å². The van der Waals surface area contributed by atoms with Crippen molar-refractivity contribution in [3.63, 3.8) is 0 Å². The van der Waals surface area contributed by atoms with Crippen molar-refractivity contribution in [3.05, 3.63) is 26.4 Å². The highest BCUT2D eigenvalue weighted by molar-refractivity contribution is 5.18. The SMILES string of the molecule is Cc1c(O)[nH]c(=O)n(C)c1=O. The van der Waals surface area contributed by atoms with Gasteiger partial charge in [0.2, 0.25) is 5.88 Å². The summed E-state index contributed by atoms with van der Waals surface area (Å²) in [6, 6.07) is 0. The molecule has 0 saturated heterocycles. The van der Waals surface area contributed by atoms with E-state index in [1.165, 1.54) is 14.0 Å². The van der Waals surface area contributed by atoms with Crippen molar-refractivity contribution in [2.45, 2.75) is 6.92 Å². The summed E-state index contributed by atoms with van der Waals surface area (Å²) < 4.78 is 0.898. The van der Waals surface area contributed by atoms with Gasteiger partial charge in [0.1, 0.15) is 0 Å². The number of hydrogen-bond acceptors (Lipinski definition) is 3. The average Bonchev–Trinajstić information content (AvgIpc) is 1.97. The summed E-state index contributed by atoms with van der Waals surface area (Å²) in [6.45, 7) is 1.44. The van der Waals surface area contributed by atoms with Gasteiger partial charge in [-0.2, -0.15) is 0 Å². The Bertz CT molecular complexity index is 388. The van der Waals surface area contributed by atoms with Gasteiger partial charge in [0, 0.05) is 7.05 Å². The number of rotatable bonds is 0. The standard InChI is InChI=1S/C6H8N2O3/c1-3-4(9)7-6(11)8(2)5(3)10/h9H,1-2H3,(H,7,11). The van der Waals surface area contributed by atoms with E-state index in [-0.39, 0.29) is 11.4 Å². The van der Waals surface area contributed by atoms with Crippen LogP contribution >= 0.6 is 0 Å². The van der Waals surface area contributed by atoms with Gasteiger partial charge in [0.25, 0.3) is 5.56 Å². The highest BCUT2D eigenvalue weighted by atomic mass is 16.3. The van der Waals surface area contributed by atoms with Crippen LogP contribution in [0.5, 0.6) is 5.88 Å². The predicted octanol–water partition coefficient (Wildman–Crippen LogP) is -0.912. The fourth-order valence-electron chi connectivity index (χ4n) is 0.724. The van der Waals surface area contributed by atoms with Gasteiger partial charge in [-0.1, -0.05) is 0 Å². The molecule has 2 N–H and O–H groups in total. The first-order chi connectivity index (χ1) is 5.04. The summed E-state index contributed by atoms with van der Waals surface area (Å²) >= 11 is 0. The van der Waals surface area contributed by atoms with Crippen molar-refractivity contribution in [2.75, 3.05) is 0 Å². The van der Waals surface area contributed by atoms with Gasteiger partial charge in [-0.15, -0.1) is 0 Å². The molecule has 1 aromatic heterocycles. The molecule has 5 heteroatoms. The molecular weight excluding hydrogens is 148 g/mol. The second-order valence-corrected chi connectivity index (χ2v) is 2.27. The maximum absolute atomic E-state index is 11.0. The molecular formula is C6H8N2O3. The lowest BCUT2D eigenvalue weighted by Gasteiger charge is -1.98. The van der Waals surface area contributed by atoms with Crippen LogP contribution in [0.4, 0.5) is 0 Å². The first kappa shape index (κ1) is 7.59. The minimum absolute atomic E-state index is 0.145. The highest BCUT2D eigenvalue weighted by Gasteiger charge is 2.04. The van der Waals surface area contributed by atoms with E-state index in [2.05, 4.69) is 4.98 Å². The van der Waals surface area contributed by atoms with Gasteiger partial charge in [-0.05, 0) is 6.92 Å². The largest absolute Gasteiger partial charge is 0.494 e. The van der Waals surface area contributed by atoms with E-state index in [0.717, 1.165) is 4.57 Å². The lowest BCUT2D eigenvalue weighted by Crippen LogP contribution is -2.33. The molecule has 0 spiro atoms. The van der Waals surface area contributed by atoms with Crippen molar-refractivity contribution in [3.8, 4) is 5.88 Å². The zero-order chi connectivity index (χ0) is 8.59. The molecule has 0 aliphatic carbocycles. The normalized spacial score (nSPS) is 10.0. The summed E-state index contributed by atoms with van der Waals surface area (Å²) in [6.07, 6.45) is 0. The smallest absolute Gasteiger partial charge is 0.330 e. The van der Waals surface area contributed by atoms with Gasteiger partial charge >= 0.3 is 5.69 Å². The van der Waals surface area contributed by atoms with E-state index in [9.17, 15) is 9.59 Å². The second kappa shape index (κ2) is 2.26. The molecule has 60 valence electrons. The third-order valence-corrected chi connectivity index (χ3v) is 1.51. The minimum atomic E-state index is -0.613. The van der Waals surface area contributed by atoms with Crippen molar-refractivity contribution in [2.24, 2.45) is 7.05 Å². The van der Waals surface area contributed by atoms with Crippen molar-refractivity contribution < 1.29 is 5.11 Å². The monoisotopic (exact) mass is 156 g/mol. The van der Waals surface area contributed by atoms with Gasteiger partial charge in [-0.25, -0.2) is 4.79 Å². The van der Waals surface area contributed by atoms with E-state index in [1.54, 1.807) is 0 Å². The van der Waals surface area contributed by atoms with Crippen LogP contribution in [0.1, 0.15) is 5.56 Å². The van der Waals surface area contributed by atoms with Crippen LogP contribution in [-0.4, -0.2) is 14.7 Å². The predicted molar refractivity (Wildman–Crippen MR) is 38.7 cm³/mol. The number of H-pyrrole nitrogens is 1. The molecule has 0 aliphatic rings. The van der Waals surface area contributed by atoms with Crippen molar-refractivity contribution >= 4 is 0 Å². The minimum Gasteiger partial charge on any atom is -0.494 e. The zero-order valence-electron chi connectivity index (χ0n) is 6.21. The number of nitrogens with one attached hydrogen (secondary N) is 1. The third kappa shape index (κ3) is 1.04. The van der Waals surface area contributed by atoms with Crippen LogP contribution < -0.4 is 11.2 Å². The van der Waals surface area contributed by atoms with Crippen molar-refractivity contribution in [1.29, 1.82) is 0 Å². The van der Waals surface area contributed by atoms with Crippen LogP contribution in [0.15, 0.2) is 9.59 Å². The molecule has 0 atom stereocenters. The van der Waals surface area contributed by atoms with Crippen LogP contribution in [0.2, 0.25) is 0 Å². The van der Waals surface area contributed by atoms with E-state index < -0.39 is 11.2 Å². The Morgan fingerprint density at radius 3 is 2.55 bits per heavy atom. The quantitative estimate of drug-likeness (QED) is 0.510. The molecule has 1 aromatic rings. The molecule has 0 fully saturated rings. The summed E-state index contributed by atoms with van der Waals surface area (Å²) in [5.74, 6) is -0.363. The molecule has 0 aromatic carbocycles. The van der Waals surface area contributed by atoms with Crippen LogP contribution in [-0.2, 0) is 7.05 Å². The summed E-state index contributed by atoms with van der Waals surface area (Å²) in [7, 11) is 1.34. The molecule has 1 rings (SSSR count). The molecule has 0 radical (unpaired) electrons. The first-order valence-corrected chi connectivity index (χ1v) is 3.03. The Kier molecular flexibility index (Phi) is 1.56. The van der Waals surface area contributed by atoms with E-state index in [0.29, 0.717) is 0 Å². The number of aromatic nitrogens is 2. The summed E-state index contributed by atoms with van der Waals surface area (Å²) in [4.78, 5) is 23.9. The Labute approximate surface area is 61.9 Å². The van der Waals surface area contributed by atoms with Crippen molar-refractivity contribution in [1.82, 2.24) is 9.55 Å². The molecule has 0 aliphatic heterocycles. The van der Waals surface area contributed by atoms with Gasteiger partial charge < -0.3 is 5.11 Å². The highest BCUT2D eigenvalue weighted by Crippen LogP contribution is 2.00. The lowest BCUT2D eigenvalue weighted by molar-refractivity contribution is 0.439. The number of nitrogens with zero attached hydrogens (tertiary/aromatic N) is 1. The number of hydrogen-bond donors (Lipinski definition) is 2. The first-order valence-electron chi connectivity index (χ1n) is 3.03. The van der Waals surface area contributed by atoms with Crippen LogP contribution in [0.3, 0.4) is 0 Å².